The van der Waals surface area contributed by atoms with Crippen LogP contribution in [0, 0.1) is 5.92 Å². The van der Waals surface area contributed by atoms with Gasteiger partial charge < -0.3 is 14.8 Å². The van der Waals surface area contributed by atoms with E-state index in [1.165, 1.54) is 32.5 Å². The van der Waals surface area contributed by atoms with Gasteiger partial charge in [-0.3, -0.25) is 0 Å². The number of aryl methyl sites for hydroxylation is 1. The molecule has 0 aliphatic carbocycles. The van der Waals surface area contributed by atoms with E-state index in [1.807, 2.05) is 30.2 Å². The number of rotatable bonds is 5. The molecule has 1 saturated heterocycles. The van der Waals surface area contributed by atoms with Crippen LogP contribution >= 0.6 is 0 Å². The Morgan fingerprint density at radius 1 is 1.30 bits per heavy atom. The molecule has 2 aromatic rings. The predicted molar refractivity (Wildman–Crippen MR) is 81.8 cm³/mol. The molecular formula is C15H23N5. The molecule has 1 N–H and O–H groups in total. The van der Waals surface area contributed by atoms with Gasteiger partial charge in [-0.05, 0) is 37.9 Å². The summed E-state index contributed by atoms with van der Waals surface area (Å²) in [5.41, 5.74) is 2.08. The average molecular weight is 273 g/mol. The van der Waals surface area contributed by atoms with Gasteiger partial charge in [0.15, 0.2) is 5.82 Å². The van der Waals surface area contributed by atoms with E-state index in [2.05, 4.69) is 27.1 Å². The highest BCUT2D eigenvalue weighted by molar-refractivity contribution is 5.85. The van der Waals surface area contributed by atoms with Crippen LogP contribution in [-0.2, 0) is 7.05 Å². The minimum atomic E-state index is 0.619. The fraction of sp³-hybridized carbons (Fsp3) is 0.600. The van der Waals surface area contributed by atoms with Gasteiger partial charge in [-0.25, -0.2) is 9.97 Å². The van der Waals surface area contributed by atoms with Gasteiger partial charge >= 0.3 is 0 Å². The largest absolute Gasteiger partial charge is 0.368 e. The molecule has 2 aromatic heterocycles. The molecule has 108 valence electrons. The lowest BCUT2D eigenvalue weighted by molar-refractivity contribution is 0.294. The van der Waals surface area contributed by atoms with Crippen molar-refractivity contribution in [1.82, 2.24) is 19.4 Å². The summed E-state index contributed by atoms with van der Waals surface area (Å²) in [6.07, 6.45) is 6.40. The van der Waals surface area contributed by atoms with E-state index < -0.39 is 0 Å². The van der Waals surface area contributed by atoms with Gasteiger partial charge in [-0.15, -0.1) is 0 Å². The Hall–Kier alpha value is -1.62. The summed E-state index contributed by atoms with van der Waals surface area (Å²) in [6.45, 7) is 6.94. The average Bonchev–Trinajstić information content (AvgIpc) is 3.07. The van der Waals surface area contributed by atoms with Crippen molar-refractivity contribution in [2.75, 3.05) is 31.5 Å². The van der Waals surface area contributed by atoms with E-state index in [9.17, 15) is 0 Å². The maximum atomic E-state index is 4.43. The minimum absolute atomic E-state index is 0.619. The van der Waals surface area contributed by atoms with Gasteiger partial charge in [0.2, 0.25) is 0 Å². The van der Waals surface area contributed by atoms with Gasteiger partial charge in [-0.2, -0.15) is 0 Å². The molecule has 1 atom stereocenters. The van der Waals surface area contributed by atoms with Crippen molar-refractivity contribution in [2.45, 2.75) is 19.8 Å². The summed E-state index contributed by atoms with van der Waals surface area (Å²) < 4.78 is 2.02. The Balaban J connectivity index is 1.61. The highest BCUT2D eigenvalue weighted by atomic mass is 15.1. The maximum Gasteiger partial charge on any atom is 0.154 e. The van der Waals surface area contributed by atoms with Crippen molar-refractivity contribution in [1.29, 1.82) is 0 Å². The minimum Gasteiger partial charge on any atom is -0.368 e. The van der Waals surface area contributed by atoms with E-state index in [-0.39, 0.29) is 0 Å². The number of anilines is 1. The van der Waals surface area contributed by atoms with E-state index in [0.717, 1.165) is 23.4 Å². The Bertz CT molecular complexity index is 571. The van der Waals surface area contributed by atoms with E-state index in [4.69, 9.17) is 0 Å². The Labute approximate surface area is 120 Å². The smallest absolute Gasteiger partial charge is 0.154 e. The lowest BCUT2D eigenvalue weighted by atomic mass is 10.1. The highest BCUT2D eigenvalue weighted by Crippen LogP contribution is 2.19. The molecule has 1 aliphatic heterocycles. The molecule has 1 aliphatic rings. The monoisotopic (exact) mass is 273 g/mol. The van der Waals surface area contributed by atoms with Gasteiger partial charge in [0.05, 0.1) is 11.8 Å². The molecule has 1 unspecified atom stereocenters. The van der Waals surface area contributed by atoms with Crippen molar-refractivity contribution < 1.29 is 0 Å². The van der Waals surface area contributed by atoms with Crippen molar-refractivity contribution in [2.24, 2.45) is 13.0 Å². The van der Waals surface area contributed by atoms with Crippen LogP contribution in [-0.4, -0.2) is 45.6 Å². The van der Waals surface area contributed by atoms with Crippen LogP contribution in [0.4, 0.5) is 5.82 Å². The van der Waals surface area contributed by atoms with Crippen LogP contribution in [0.5, 0.6) is 0 Å². The van der Waals surface area contributed by atoms with E-state index in [0.29, 0.717) is 5.92 Å². The molecule has 20 heavy (non-hydrogen) atoms. The van der Waals surface area contributed by atoms with Gasteiger partial charge in [-0.1, -0.05) is 6.92 Å². The molecule has 5 nitrogen and oxygen atoms in total. The number of hydrogen-bond donors (Lipinski definition) is 1. The second-order valence-corrected chi connectivity index (χ2v) is 5.88. The Morgan fingerprint density at radius 3 is 2.90 bits per heavy atom. The third-order valence-electron chi connectivity index (χ3n) is 4.03. The number of likely N-dealkylation sites (tertiary alicyclic amines) is 1. The fourth-order valence-corrected chi connectivity index (χ4v) is 2.93. The molecule has 5 heteroatoms. The maximum absolute atomic E-state index is 4.43. The lowest BCUT2D eigenvalue weighted by Gasteiger charge is -2.20. The first-order valence-corrected chi connectivity index (χ1v) is 7.46. The number of pyridine rings is 1. The second-order valence-electron chi connectivity index (χ2n) is 5.88. The van der Waals surface area contributed by atoms with Crippen LogP contribution in [0.25, 0.3) is 11.0 Å². The fourth-order valence-electron chi connectivity index (χ4n) is 2.93. The molecule has 1 fully saturated rings. The van der Waals surface area contributed by atoms with Crippen LogP contribution in [0.2, 0.25) is 0 Å². The lowest BCUT2D eigenvalue weighted by Crippen LogP contribution is -2.29. The summed E-state index contributed by atoms with van der Waals surface area (Å²) in [6, 6.07) is 2.00. The number of fused-ring (bicyclic) bond motifs is 1. The molecular weight excluding hydrogens is 250 g/mol. The Kier molecular flexibility index (Phi) is 3.87. The van der Waals surface area contributed by atoms with Crippen molar-refractivity contribution in [3.8, 4) is 0 Å². The number of aromatic nitrogens is 3. The van der Waals surface area contributed by atoms with Gasteiger partial charge in [0, 0.05) is 26.3 Å². The SMILES string of the molecule is CC(CNc1nccc2c1ncn2C)CN1CCCC1. The molecule has 0 saturated carbocycles. The summed E-state index contributed by atoms with van der Waals surface area (Å²) in [5.74, 6) is 1.52. The Morgan fingerprint density at radius 2 is 2.10 bits per heavy atom. The van der Waals surface area contributed by atoms with E-state index >= 15 is 0 Å². The topological polar surface area (TPSA) is 46.0 Å². The quantitative estimate of drug-likeness (QED) is 0.906. The zero-order valence-corrected chi connectivity index (χ0v) is 12.3. The highest BCUT2D eigenvalue weighted by Gasteiger charge is 2.15. The molecule has 0 bridgehead atoms. The van der Waals surface area contributed by atoms with Crippen LogP contribution < -0.4 is 5.32 Å². The molecule has 0 spiro atoms. The first kappa shape index (κ1) is 13.4. The van der Waals surface area contributed by atoms with E-state index in [1.54, 1.807) is 0 Å². The van der Waals surface area contributed by atoms with Crippen molar-refractivity contribution >= 4 is 16.9 Å². The van der Waals surface area contributed by atoms with Crippen molar-refractivity contribution in [3.63, 3.8) is 0 Å². The number of hydrogen-bond acceptors (Lipinski definition) is 4. The van der Waals surface area contributed by atoms with Gasteiger partial charge in [0.25, 0.3) is 0 Å². The molecule has 0 radical (unpaired) electrons. The summed E-state index contributed by atoms with van der Waals surface area (Å²) in [4.78, 5) is 11.4. The first-order valence-electron chi connectivity index (χ1n) is 7.46. The normalized spacial score (nSPS) is 17.7. The molecule has 3 heterocycles. The zero-order chi connectivity index (χ0) is 13.9. The molecule has 0 aromatic carbocycles. The van der Waals surface area contributed by atoms with Crippen molar-refractivity contribution in [3.05, 3.63) is 18.6 Å². The third-order valence-corrected chi connectivity index (χ3v) is 4.03. The molecule has 3 rings (SSSR count). The summed E-state index contributed by atoms with van der Waals surface area (Å²) in [5, 5.41) is 3.46. The number of nitrogens with one attached hydrogen (secondary N) is 1. The van der Waals surface area contributed by atoms with Gasteiger partial charge in [0.1, 0.15) is 5.52 Å². The standard InChI is InChI=1S/C15H23N5/c1-12(10-20-7-3-4-8-20)9-17-15-14-13(5-6-16-15)19(2)11-18-14/h5-6,11-12H,3-4,7-10H2,1-2H3,(H,16,17). The predicted octanol–water partition coefficient (Wildman–Crippen LogP) is 2.11. The summed E-state index contributed by atoms with van der Waals surface area (Å²) in [7, 11) is 2.01. The number of nitrogens with zero attached hydrogens (tertiary/aromatic N) is 4. The van der Waals surface area contributed by atoms with Crippen LogP contribution in [0.3, 0.4) is 0 Å². The summed E-state index contributed by atoms with van der Waals surface area (Å²) >= 11 is 0. The zero-order valence-electron chi connectivity index (χ0n) is 12.3. The van der Waals surface area contributed by atoms with Crippen LogP contribution in [0.15, 0.2) is 18.6 Å². The molecule has 0 amide bonds. The second kappa shape index (κ2) is 5.79. The third kappa shape index (κ3) is 2.77. The van der Waals surface area contributed by atoms with Crippen LogP contribution in [0.1, 0.15) is 19.8 Å². The first-order chi connectivity index (χ1) is 9.74. The number of imidazole rings is 1.